The first-order chi connectivity index (χ1) is 13.0. The number of rotatable bonds is 3. The summed E-state index contributed by atoms with van der Waals surface area (Å²) in [5.41, 5.74) is 1.07. The molecule has 2 fully saturated rings. The van der Waals surface area contributed by atoms with Gasteiger partial charge in [0, 0.05) is 43.5 Å². The van der Waals surface area contributed by atoms with Crippen LogP contribution in [-0.2, 0) is 4.79 Å². The second kappa shape index (κ2) is 6.66. The van der Waals surface area contributed by atoms with E-state index in [-0.39, 0.29) is 17.6 Å². The Kier molecular flexibility index (Phi) is 4.31. The average Bonchev–Trinajstić information content (AvgIpc) is 3.46. The largest absolute Gasteiger partial charge is 0.506 e. The van der Waals surface area contributed by atoms with E-state index >= 15 is 0 Å². The molecule has 2 aromatic rings. The number of hydrogen-bond acceptors (Lipinski definition) is 5. The van der Waals surface area contributed by atoms with E-state index < -0.39 is 5.60 Å². The Morgan fingerprint density at radius 2 is 1.56 bits per heavy atom. The Hall–Kier alpha value is -2.93. The molecule has 0 spiro atoms. The van der Waals surface area contributed by atoms with Crippen molar-refractivity contribution in [3.8, 4) is 16.9 Å². The summed E-state index contributed by atoms with van der Waals surface area (Å²) < 4.78 is 0. The molecule has 2 amide bonds. The molecule has 1 aliphatic heterocycles. The highest BCUT2D eigenvalue weighted by molar-refractivity contribution is 5.95. The van der Waals surface area contributed by atoms with E-state index in [9.17, 15) is 19.8 Å². The molecule has 7 nitrogen and oxygen atoms in total. The molecule has 2 aliphatic rings. The molecular formula is C20H21N3O4. The number of piperazine rings is 1. The van der Waals surface area contributed by atoms with E-state index in [1.54, 1.807) is 34.2 Å². The lowest BCUT2D eigenvalue weighted by molar-refractivity contribution is -0.143. The van der Waals surface area contributed by atoms with Gasteiger partial charge in [-0.3, -0.25) is 14.6 Å². The Morgan fingerprint density at radius 3 is 2.15 bits per heavy atom. The first-order valence-corrected chi connectivity index (χ1v) is 9.02. The number of aliphatic hydroxyl groups is 1. The number of pyridine rings is 1. The van der Waals surface area contributed by atoms with Gasteiger partial charge >= 0.3 is 0 Å². The van der Waals surface area contributed by atoms with Crippen molar-refractivity contribution in [3.63, 3.8) is 0 Å². The molecule has 7 heteroatoms. The van der Waals surface area contributed by atoms with Crippen molar-refractivity contribution >= 4 is 11.8 Å². The topological polar surface area (TPSA) is 94.0 Å². The van der Waals surface area contributed by atoms with Crippen LogP contribution in [0.1, 0.15) is 23.2 Å². The smallest absolute Gasteiger partial charge is 0.254 e. The molecule has 0 bridgehead atoms. The van der Waals surface area contributed by atoms with Crippen LogP contribution in [0, 0.1) is 0 Å². The number of carbonyl (C=O) groups excluding carboxylic acids is 2. The predicted molar refractivity (Wildman–Crippen MR) is 98.0 cm³/mol. The quantitative estimate of drug-likeness (QED) is 0.852. The third-order valence-corrected chi connectivity index (χ3v) is 5.16. The molecule has 27 heavy (non-hydrogen) atoms. The third kappa shape index (κ3) is 3.50. The fraction of sp³-hybridized carbons (Fsp3) is 0.350. The lowest BCUT2D eigenvalue weighted by Crippen LogP contribution is -2.53. The molecule has 1 saturated carbocycles. The summed E-state index contributed by atoms with van der Waals surface area (Å²) in [6.45, 7) is 1.80. The summed E-state index contributed by atoms with van der Waals surface area (Å²) in [5.74, 6) is -0.192. The molecule has 0 atom stereocenters. The number of aromatic hydroxyl groups is 1. The Morgan fingerprint density at radius 1 is 0.926 bits per heavy atom. The number of nitrogens with zero attached hydrogens (tertiary/aromatic N) is 3. The lowest BCUT2D eigenvalue weighted by Gasteiger charge is -2.35. The maximum Gasteiger partial charge on any atom is 0.254 e. The van der Waals surface area contributed by atoms with Crippen LogP contribution in [-0.4, -0.2) is 68.6 Å². The van der Waals surface area contributed by atoms with Crippen LogP contribution in [0.15, 0.2) is 42.7 Å². The zero-order valence-electron chi connectivity index (χ0n) is 14.8. The molecule has 1 saturated heterocycles. The third-order valence-electron chi connectivity index (χ3n) is 5.16. The Balaban J connectivity index is 1.39. The van der Waals surface area contributed by atoms with Gasteiger partial charge in [0.1, 0.15) is 11.4 Å². The van der Waals surface area contributed by atoms with Crippen LogP contribution in [0.2, 0.25) is 0 Å². The Bertz CT molecular complexity index is 869. The lowest BCUT2D eigenvalue weighted by atomic mass is 10.0. The SMILES string of the molecule is O=C(c1ccc(-c2cncc(O)c2)cc1)N1CCN(C(=O)C2(O)CC2)CC1. The first-order valence-electron chi connectivity index (χ1n) is 9.02. The number of amides is 2. The zero-order chi connectivity index (χ0) is 19.0. The molecule has 0 radical (unpaired) electrons. The zero-order valence-corrected chi connectivity index (χ0v) is 14.8. The molecule has 2 N–H and O–H groups in total. The summed E-state index contributed by atoms with van der Waals surface area (Å²) in [6.07, 6.45) is 4.09. The minimum absolute atomic E-state index is 0.0761. The summed E-state index contributed by atoms with van der Waals surface area (Å²) in [5, 5.41) is 19.5. The normalized spacial score (nSPS) is 18.3. The highest BCUT2D eigenvalue weighted by atomic mass is 16.3. The van der Waals surface area contributed by atoms with Crippen LogP contribution in [0.5, 0.6) is 5.75 Å². The summed E-state index contributed by atoms with van der Waals surface area (Å²) in [7, 11) is 0. The van der Waals surface area contributed by atoms with Crippen molar-refractivity contribution < 1.29 is 19.8 Å². The van der Waals surface area contributed by atoms with Gasteiger partial charge in [0.25, 0.3) is 11.8 Å². The van der Waals surface area contributed by atoms with Crippen LogP contribution in [0.25, 0.3) is 11.1 Å². The van der Waals surface area contributed by atoms with Crippen molar-refractivity contribution in [2.75, 3.05) is 26.2 Å². The highest BCUT2D eigenvalue weighted by Crippen LogP contribution is 2.37. The minimum atomic E-state index is -1.15. The number of carbonyl (C=O) groups is 2. The maximum atomic E-state index is 12.7. The standard InChI is InChI=1S/C20H21N3O4/c24-17-11-16(12-21-13-17)14-1-3-15(4-2-14)18(25)22-7-9-23(10-8-22)19(26)20(27)5-6-20/h1-4,11-13,24,27H,5-10H2. The maximum absolute atomic E-state index is 12.7. The van der Waals surface area contributed by atoms with Crippen molar-refractivity contribution in [3.05, 3.63) is 48.3 Å². The summed E-state index contributed by atoms with van der Waals surface area (Å²) >= 11 is 0. The second-order valence-electron chi connectivity index (χ2n) is 7.13. The van der Waals surface area contributed by atoms with E-state index in [0.29, 0.717) is 44.6 Å². The minimum Gasteiger partial charge on any atom is -0.506 e. The van der Waals surface area contributed by atoms with Crippen molar-refractivity contribution in [2.45, 2.75) is 18.4 Å². The Labute approximate surface area is 156 Å². The molecule has 1 aliphatic carbocycles. The molecule has 2 heterocycles. The van der Waals surface area contributed by atoms with Gasteiger partial charge in [-0.25, -0.2) is 0 Å². The van der Waals surface area contributed by atoms with Crippen molar-refractivity contribution in [1.82, 2.24) is 14.8 Å². The van der Waals surface area contributed by atoms with E-state index in [4.69, 9.17) is 0 Å². The van der Waals surface area contributed by atoms with Crippen LogP contribution < -0.4 is 0 Å². The number of hydrogen-bond donors (Lipinski definition) is 2. The van der Waals surface area contributed by atoms with Gasteiger partial charge < -0.3 is 20.0 Å². The molecule has 4 rings (SSSR count). The molecular weight excluding hydrogens is 346 g/mol. The molecule has 0 unspecified atom stereocenters. The van der Waals surface area contributed by atoms with Crippen LogP contribution >= 0.6 is 0 Å². The van der Waals surface area contributed by atoms with Gasteiger partial charge in [-0.1, -0.05) is 12.1 Å². The highest BCUT2D eigenvalue weighted by Gasteiger charge is 2.50. The van der Waals surface area contributed by atoms with Crippen LogP contribution in [0.3, 0.4) is 0 Å². The first kappa shape index (κ1) is 17.5. The van der Waals surface area contributed by atoms with Gasteiger partial charge in [0.05, 0.1) is 6.20 Å². The number of benzene rings is 1. The fourth-order valence-corrected chi connectivity index (χ4v) is 3.31. The second-order valence-corrected chi connectivity index (χ2v) is 7.13. The monoisotopic (exact) mass is 367 g/mol. The number of aromatic nitrogens is 1. The van der Waals surface area contributed by atoms with E-state index in [0.717, 1.165) is 11.1 Å². The van der Waals surface area contributed by atoms with E-state index in [2.05, 4.69) is 4.98 Å². The summed E-state index contributed by atoms with van der Waals surface area (Å²) in [4.78, 5) is 32.2. The molecule has 140 valence electrons. The van der Waals surface area contributed by atoms with Crippen LogP contribution in [0.4, 0.5) is 0 Å². The fourth-order valence-electron chi connectivity index (χ4n) is 3.31. The average molecular weight is 367 g/mol. The van der Waals surface area contributed by atoms with Gasteiger partial charge in [0.15, 0.2) is 0 Å². The van der Waals surface area contributed by atoms with E-state index in [1.807, 2.05) is 12.1 Å². The molecule has 1 aromatic heterocycles. The summed E-state index contributed by atoms with van der Waals surface area (Å²) in [6, 6.07) is 8.78. The van der Waals surface area contributed by atoms with E-state index in [1.165, 1.54) is 6.20 Å². The predicted octanol–water partition coefficient (Wildman–Crippen LogP) is 1.26. The van der Waals surface area contributed by atoms with Crippen molar-refractivity contribution in [2.24, 2.45) is 0 Å². The van der Waals surface area contributed by atoms with Crippen molar-refractivity contribution in [1.29, 1.82) is 0 Å². The molecule has 1 aromatic carbocycles. The van der Waals surface area contributed by atoms with Gasteiger partial charge in [-0.15, -0.1) is 0 Å². The van der Waals surface area contributed by atoms with Gasteiger partial charge in [0.2, 0.25) is 0 Å². The van der Waals surface area contributed by atoms with Gasteiger partial charge in [-0.05, 0) is 36.6 Å². The van der Waals surface area contributed by atoms with Gasteiger partial charge in [-0.2, -0.15) is 0 Å².